The largest absolute Gasteiger partial charge is 0.484 e. The van der Waals surface area contributed by atoms with Crippen LogP contribution in [0.3, 0.4) is 0 Å². The number of anilines is 1. The molecule has 5 nitrogen and oxygen atoms in total. The topological polar surface area (TPSA) is 64.4 Å². The van der Waals surface area contributed by atoms with Crippen LogP contribution in [0.5, 0.6) is 5.75 Å². The molecule has 3 aromatic carbocycles. The van der Waals surface area contributed by atoms with Crippen LogP contribution in [0.2, 0.25) is 5.02 Å². The van der Waals surface area contributed by atoms with Crippen LogP contribution in [0.25, 0.3) is 22.6 Å². The summed E-state index contributed by atoms with van der Waals surface area (Å²) >= 11 is 6.02. The molecular formula is C23H19ClN2O3. The van der Waals surface area contributed by atoms with E-state index in [-0.39, 0.29) is 12.5 Å². The van der Waals surface area contributed by atoms with Gasteiger partial charge in [-0.05, 0) is 67.4 Å². The first kappa shape index (κ1) is 19.0. The fourth-order valence-electron chi connectivity index (χ4n) is 2.95. The highest BCUT2D eigenvalue weighted by molar-refractivity contribution is 6.31. The number of carbonyl (C=O) groups is 1. The normalized spacial score (nSPS) is 10.9. The molecule has 0 atom stereocenters. The van der Waals surface area contributed by atoms with Crippen molar-refractivity contribution in [1.29, 1.82) is 0 Å². The van der Waals surface area contributed by atoms with E-state index in [1.54, 1.807) is 18.2 Å². The van der Waals surface area contributed by atoms with Crippen LogP contribution in [0.4, 0.5) is 5.69 Å². The monoisotopic (exact) mass is 406 g/mol. The quantitative estimate of drug-likeness (QED) is 0.456. The summed E-state index contributed by atoms with van der Waals surface area (Å²) in [5.74, 6) is 0.889. The third-order valence-corrected chi connectivity index (χ3v) is 4.70. The molecule has 0 radical (unpaired) electrons. The Hall–Kier alpha value is -3.31. The van der Waals surface area contributed by atoms with E-state index in [1.165, 1.54) is 0 Å². The molecule has 0 aliphatic rings. The third-order valence-electron chi connectivity index (χ3n) is 4.47. The first-order chi connectivity index (χ1) is 14.0. The number of nitrogens with zero attached hydrogens (tertiary/aromatic N) is 1. The van der Waals surface area contributed by atoms with Crippen LogP contribution in [-0.2, 0) is 4.79 Å². The molecule has 1 heterocycles. The number of oxazole rings is 1. The fraction of sp³-hybridized carbons (Fsp3) is 0.130. The van der Waals surface area contributed by atoms with Crippen molar-refractivity contribution in [3.63, 3.8) is 0 Å². The molecule has 0 saturated heterocycles. The van der Waals surface area contributed by atoms with Crippen molar-refractivity contribution in [3.8, 4) is 17.2 Å². The van der Waals surface area contributed by atoms with Crippen molar-refractivity contribution >= 4 is 34.3 Å². The van der Waals surface area contributed by atoms with Crippen LogP contribution in [0.1, 0.15) is 11.1 Å². The van der Waals surface area contributed by atoms with E-state index < -0.39 is 0 Å². The van der Waals surface area contributed by atoms with Gasteiger partial charge in [0.15, 0.2) is 12.2 Å². The minimum atomic E-state index is -0.240. The van der Waals surface area contributed by atoms with Gasteiger partial charge in [-0.2, -0.15) is 0 Å². The van der Waals surface area contributed by atoms with Crippen LogP contribution in [0, 0.1) is 13.8 Å². The van der Waals surface area contributed by atoms with Gasteiger partial charge >= 0.3 is 0 Å². The van der Waals surface area contributed by atoms with Crippen LogP contribution in [0.15, 0.2) is 65.1 Å². The summed E-state index contributed by atoms with van der Waals surface area (Å²) in [7, 11) is 0. The number of nitrogens with one attached hydrogen (secondary N) is 1. The maximum atomic E-state index is 12.4. The van der Waals surface area contributed by atoms with Gasteiger partial charge in [0.2, 0.25) is 5.89 Å². The smallest absolute Gasteiger partial charge is 0.262 e. The summed E-state index contributed by atoms with van der Waals surface area (Å²) in [6, 6.07) is 18.5. The number of aromatic nitrogens is 1. The number of amides is 1. The SMILES string of the molecule is Cc1cccc(OCC(=O)Nc2cc(-c3nc4cc(Cl)ccc4o3)ccc2C)c1. The van der Waals surface area contributed by atoms with Gasteiger partial charge in [-0.1, -0.05) is 29.8 Å². The summed E-state index contributed by atoms with van der Waals surface area (Å²) in [6.07, 6.45) is 0. The Bertz CT molecular complexity index is 1200. The predicted octanol–water partition coefficient (Wildman–Crippen LogP) is 5.78. The van der Waals surface area contributed by atoms with Crippen molar-refractivity contribution < 1.29 is 13.9 Å². The zero-order chi connectivity index (χ0) is 20.4. The predicted molar refractivity (Wildman–Crippen MR) is 114 cm³/mol. The average molecular weight is 407 g/mol. The summed E-state index contributed by atoms with van der Waals surface area (Å²) in [4.78, 5) is 16.8. The van der Waals surface area contributed by atoms with Gasteiger partial charge in [0.1, 0.15) is 11.3 Å². The Balaban J connectivity index is 1.51. The molecular weight excluding hydrogens is 388 g/mol. The van der Waals surface area contributed by atoms with Gasteiger partial charge in [-0.25, -0.2) is 4.98 Å². The van der Waals surface area contributed by atoms with Crippen LogP contribution < -0.4 is 10.1 Å². The van der Waals surface area contributed by atoms with E-state index in [0.717, 1.165) is 16.7 Å². The van der Waals surface area contributed by atoms with Crippen molar-refractivity contribution in [2.75, 3.05) is 11.9 Å². The molecule has 0 unspecified atom stereocenters. The molecule has 0 aliphatic heterocycles. The number of halogens is 1. The third kappa shape index (κ3) is 4.41. The van der Waals surface area contributed by atoms with Gasteiger partial charge in [-0.15, -0.1) is 0 Å². The van der Waals surface area contributed by atoms with Crippen molar-refractivity contribution in [2.24, 2.45) is 0 Å². The Morgan fingerprint density at radius 1 is 1.10 bits per heavy atom. The zero-order valence-electron chi connectivity index (χ0n) is 16.0. The second-order valence-corrected chi connectivity index (χ2v) is 7.25. The molecule has 4 aromatic rings. The highest BCUT2D eigenvalue weighted by Gasteiger charge is 2.12. The van der Waals surface area contributed by atoms with Crippen molar-refractivity contribution in [1.82, 2.24) is 4.98 Å². The fourth-order valence-corrected chi connectivity index (χ4v) is 3.12. The van der Waals surface area contributed by atoms with E-state index in [4.69, 9.17) is 20.8 Å². The molecule has 1 amide bonds. The minimum absolute atomic E-state index is 0.0749. The lowest BCUT2D eigenvalue weighted by atomic mass is 10.1. The van der Waals surface area contributed by atoms with E-state index >= 15 is 0 Å². The van der Waals surface area contributed by atoms with Crippen molar-refractivity contribution in [2.45, 2.75) is 13.8 Å². The van der Waals surface area contributed by atoms with Crippen LogP contribution in [-0.4, -0.2) is 17.5 Å². The number of rotatable bonds is 5. The maximum Gasteiger partial charge on any atom is 0.262 e. The maximum absolute atomic E-state index is 12.4. The van der Waals surface area contributed by atoms with E-state index in [9.17, 15) is 4.79 Å². The molecule has 29 heavy (non-hydrogen) atoms. The number of benzene rings is 3. The molecule has 146 valence electrons. The summed E-state index contributed by atoms with van der Waals surface area (Å²) < 4.78 is 11.4. The molecule has 0 saturated carbocycles. The molecule has 1 N–H and O–H groups in total. The van der Waals surface area contributed by atoms with E-state index in [0.29, 0.717) is 33.4 Å². The highest BCUT2D eigenvalue weighted by Crippen LogP contribution is 2.29. The Morgan fingerprint density at radius 2 is 1.97 bits per heavy atom. The molecule has 4 rings (SSSR count). The number of aryl methyl sites for hydroxylation is 2. The number of hydrogen-bond donors (Lipinski definition) is 1. The Kier molecular flexibility index (Phi) is 5.23. The zero-order valence-corrected chi connectivity index (χ0v) is 16.8. The van der Waals surface area contributed by atoms with Gasteiger partial charge in [0, 0.05) is 16.3 Å². The van der Waals surface area contributed by atoms with E-state index in [1.807, 2.05) is 56.3 Å². The number of hydrogen-bond acceptors (Lipinski definition) is 4. The Labute approximate surface area is 173 Å². The van der Waals surface area contributed by atoms with E-state index in [2.05, 4.69) is 10.3 Å². The minimum Gasteiger partial charge on any atom is -0.484 e. The van der Waals surface area contributed by atoms with Crippen LogP contribution >= 0.6 is 11.6 Å². The molecule has 0 aliphatic carbocycles. The second-order valence-electron chi connectivity index (χ2n) is 6.81. The highest BCUT2D eigenvalue weighted by atomic mass is 35.5. The lowest BCUT2D eigenvalue weighted by Crippen LogP contribution is -2.20. The first-order valence-corrected chi connectivity index (χ1v) is 9.52. The number of carbonyl (C=O) groups excluding carboxylic acids is 1. The lowest BCUT2D eigenvalue weighted by Gasteiger charge is -2.11. The van der Waals surface area contributed by atoms with Gasteiger partial charge < -0.3 is 14.5 Å². The molecule has 0 bridgehead atoms. The summed E-state index contributed by atoms with van der Waals surface area (Å²) in [6.45, 7) is 3.82. The number of ether oxygens (including phenoxy) is 1. The van der Waals surface area contributed by atoms with Crippen molar-refractivity contribution in [3.05, 3.63) is 76.8 Å². The average Bonchev–Trinajstić information content (AvgIpc) is 3.11. The second kappa shape index (κ2) is 7.97. The first-order valence-electron chi connectivity index (χ1n) is 9.14. The molecule has 1 aromatic heterocycles. The van der Waals surface area contributed by atoms with Gasteiger partial charge in [-0.3, -0.25) is 4.79 Å². The lowest BCUT2D eigenvalue weighted by molar-refractivity contribution is -0.118. The molecule has 0 fully saturated rings. The molecule has 0 spiro atoms. The Morgan fingerprint density at radius 3 is 2.79 bits per heavy atom. The van der Waals surface area contributed by atoms with Gasteiger partial charge in [0.05, 0.1) is 0 Å². The summed E-state index contributed by atoms with van der Waals surface area (Å²) in [5.41, 5.74) is 4.79. The summed E-state index contributed by atoms with van der Waals surface area (Å²) in [5, 5.41) is 3.49. The standard InChI is InChI=1S/C23H19ClN2O3/c1-14-4-3-5-18(10-14)28-13-22(27)25-19-11-16(7-6-15(19)2)23-26-20-12-17(24)8-9-21(20)29-23/h3-12H,13H2,1-2H3,(H,25,27). The molecule has 6 heteroatoms. The van der Waals surface area contributed by atoms with Gasteiger partial charge in [0.25, 0.3) is 5.91 Å². The number of fused-ring (bicyclic) bond motifs is 1.